The summed E-state index contributed by atoms with van der Waals surface area (Å²) < 4.78 is 0. The van der Waals surface area contributed by atoms with Gasteiger partial charge in [0.15, 0.2) is 0 Å². The molecule has 0 amide bonds. The van der Waals surface area contributed by atoms with Crippen LogP contribution in [0.5, 0.6) is 0 Å². The zero-order chi connectivity index (χ0) is 21.1. The van der Waals surface area contributed by atoms with Gasteiger partial charge in [0.1, 0.15) is 0 Å². The molecule has 0 aliphatic heterocycles. The van der Waals surface area contributed by atoms with Crippen molar-refractivity contribution in [2.24, 2.45) is 0 Å². The molecule has 0 N–H and O–H groups in total. The number of hydrogen-bond acceptors (Lipinski definition) is 0. The minimum Gasteiger partial charge on any atom is -1.00 e. The van der Waals surface area contributed by atoms with Crippen molar-refractivity contribution in [3.05, 3.63) is 83.9 Å². The zero-order valence-corrected chi connectivity index (χ0v) is 27.1. The molecule has 0 radical (unpaired) electrons. The summed E-state index contributed by atoms with van der Waals surface area (Å²) in [6.07, 6.45) is 0. The minimum absolute atomic E-state index is 0. The second kappa shape index (κ2) is 17.9. The smallest absolute Gasteiger partial charge is 0.0579 e. The summed E-state index contributed by atoms with van der Waals surface area (Å²) in [4.78, 5) is 0. The molecule has 0 aliphatic carbocycles. The van der Waals surface area contributed by atoms with Crippen LogP contribution in [0.15, 0.2) is 72.8 Å². The van der Waals surface area contributed by atoms with E-state index < -0.39 is 0 Å². The van der Waals surface area contributed by atoms with Gasteiger partial charge in [-0.2, -0.15) is 12.1 Å². The van der Waals surface area contributed by atoms with Crippen LogP contribution in [0.2, 0.25) is 26.2 Å². The standard InChI is InChI=1S/2C10H9.2C2H6Si.2ClH.2Zr/c2*1-8-6-9-4-2-3-5-10(9)7-8;2*1-3-2;;;;/h2*2-7H,1H3;2*1-2H3;2*1H;;/q2*-1;;;;;;/p-2. The molecule has 160 valence electrons. The first-order chi connectivity index (χ1) is 13.2. The van der Waals surface area contributed by atoms with E-state index >= 15 is 0 Å². The summed E-state index contributed by atoms with van der Waals surface area (Å²) in [6.45, 7) is 13.5. The first-order valence-corrected chi connectivity index (χ1v) is 21.8. The average molecular weight is 628 g/mol. The number of hydrogen-bond donors (Lipinski definition) is 0. The van der Waals surface area contributed by atoms with Crippen LogP contribution in [0.25, 0.3) is 21.5 Å². The van der Waals surface area contributed by atoms with Gasteiger partial charge in [0, 0.05) is 0 Å². The molecule has 0 saturated heterocycles. The molecule has 0 aromatic heterocycles. The summed E-state index contributed by atoms with van der Waals surface area (Å²) in [5.74, 6) is 0. The van der Waals surface area contributed by atoms with Crippen molar-refractivity contribution in [2.45, 2.75) is 40.0 Å². The van der Waals surface area contributed by atoms with Gasteiger partial charge in [0.25, 0.3) is 0 Å². The topological polar surface area (TPSA) is 0 Å². The molecule has 0 bridgehead atoms. The van der Waals surface area contributed by atoms with Crippen LogP contribution in [0, 0.1) is 13.8 Å². The van der Waals surface area contributed by atoms with E-state index in [2.05, 4.69) is 113 Å². The van der Waals surface area contributed by atoms with Gasteiger partial charge in [-0.15, -0.1) is 81.2 Å². The molecule has 0 atom stereocenters. The monoisotopic (exact) mass is 624 g/mol. The Morgan fingerprint density at radius 3 is 1.13 bits per heavy atom. The van der Waals surface area contributed by atoms with E-state index in [0.29, 0.717) is 0 Å². The first kappa shape index (κ1) is 32.6. The summed E-state index contributed by atoms with van der Waals surface area (Å²) in [5, 5.41) is 5.39. The molecule has 0 aliphatic rings. The Bertz CT molecular complexity index is 878. The van der Waals surface area contributed by atoms with Crippen molar-refractivity contribution in [2.75, 3.05) is 0 Å². The van der Waals surface area contributed by atoms with Gasteiger partial charge in [-0.3, -0.25) is 0 Å². The Kier molecular flexibility index (Phi) is 19.5. The van der Waals surface area contributed by atoms with E-state index in [1.165, 1.54) is 32.7 Å². The second-order valence-electron chi connectivity index (χ2n) is 7.32. The fraction of sp³-hybridized carbons (Fsp3) is 0.250. The molecule has 4 aromatic carbocycles. The quantitative estimate of drug-likeness (QED) is 0.204. The van der Waals surface area contributed by atoms with Crippen molar-refractivity contribution in [3.63, 3.8) is 0 Å². The van der Waals surface area contributed by atoms with Crippen LogP contribution in [0.1, 0.15) is 11.1 Å². The molecule has 6 heteroatoms. The maximum absolute atomic E-state index is 2.31. The molecular weight excluding hydrogens is 598 g/mol. The predicted molar refractivity (Wildman–Crippen MR) is 124 cm³/mol. The van der Waals surface area contributed by atoms with Gasteiger partial charge in [-0.1, -0.05) is 26.0 Å². The molecule has 0 heterocycles. The van der Waals surface area contributed by atoms with Crippen molar-refractivity contribution in [1.82, 2.24) is 0 Å². The Morgan fingerprint density at radius 1 is 0.600 bits per heavy atom. The molecular formula is C24H30Cl2Si2Zr2-4. The van der Waals surface area contributed by atoms with Crippen molar-refractivity contribution >= 4 is 32.4 Å². The van der Waals surface area contributed by atoms with Gasteiger partial charge in [-0.05, 0) is 0 Å². The number of aryl methyl sites for hydroxylation is 2. The van der Waals surface area contributed by atoms with E-state index in [4.69, 9.17) is 0 Å². The molecule has 0 unspecified atom stereocenters. The maximum atomic E-state index is 2.31. The fourth-order valence-corrected chi connectivity index (χ4v) is 2.61. The van der Waals surface area contributed by atoms with E-state index in [-0.39, 0.29) is 35.7 Å². The Morgan fingerprint density at radius 2 is 0.867 bits per heavy atom. The molecule has 0 spiro atoms. The van der Waals surface area contributed by atoms with Crippen LogP contribution in [0.4, 0.5) is 0 Å². The molecule has 4 rings (SSSR count). The third-order valence-electron chi connectivity index (χ3n) is 3.52. The number of fused-ring (bicyclic) bond motifs is 2. The van der Waals surface area contributed by atoms with E-state index in [0.717, 1.165) is 0 Å². The largest absolute Gasteiger partial charge is 1.00 e. The van der Waals surface area contributed by atoms with E-state index in [9.17, 15) is 0 Å². The van der Waals surface area contributed by atoms with E-state index in [1.807, 2.05) is 0 Å². The number of halogens is 2. The van der Waals surface area contributed by atoms with Crippen LogP contribution in [-0.2, 0) is 46.7 Å². The zero-order valence-electron chi connectivity index (χ0n) is 18.7. The summed E-state index contributed by atoms with van der Waals surface area (Å²) in [6, 6.07) is 25.7. The molecule has 0 saturated carbocycles. The molecule has 30 heavy (non-hydrogen) atoms. The van der Waals surface area contributed by atoms with Gasteiger partial charge < -0.3 is 24.8 Å². The summed E-state index contributed by atoms with van der Waals surface area (Å²) in [7, 11) is 0. The summed E-state index contributed by atoms with van der Waals surface area (Å²) >= 11 is 3.48. The predicted octanol–water partition coefficient (Wildman–Crippen LogP) is 1.31. The van der Waals surface area contributed by atoms with Crippen molar-refractivity contribution < 1.29 is 71.5 Å². The van der Waals surface area contributed by atoms with Crippen molar-refractivity contribution in [3.8, 4) is 0 Å². The Hall–Kier alpha value is 0.440. The normalized spacial score (nSPS) is 8.67. The van der Waals surface area contributed by atoms with Gasteiger partial charge in [0.05, 0.1) is 0 Å². The number of rotatable bonds is 0. The van der Waals surface area contributed by atoms with Gasteiger partial charge in [0.2, 0.25) is 0 Å². The van der Waals surface area contributed by atoms with E-state index in [1.54, 1.807) is 46.7 Å². The van der Waals surface area contributed by atoms with Crippen LogP contribution >= 0.6 is 0 Å². The van der Waals surface area contributed by atoms with Crippen LogP contribution < -0.4 is 24.8 Å². The first-order valence-electron chi connectivity index (χ1n) is 9.46. The van der Waals surface area contributed by atoms with Crippen molar-refractivity contribution in [1.29, 1.82) is 0 Å². The minimum atomic E-state index is 0. The SMILES string of the molecule is C[Si](C)=[Zr].C[Si](C)=[Zr].Cc1cc2ccccc2[cH-]1.Cc1cc2ccccc2[cH-]1.[Cl-].[Cl-]. The van der Waals surface area contributed by atoms with Gasteiger partial charge >= 0.3 is 83.7 Å². The second-order valence-corrected chi connectivity index (χ2v) is 26.1. The Balaban J connectivity index is 0. The number of benzene rings is 2. The fourth-order valence-electron chi connectivity index (χ4n) is 2.61. The van der Waals surface area contributed by atoms with Crippen LogP contribution in [0.3, 0.4) is 0 Å². The summed E-state index contributed by atoms with van der Waals surface area (Å²) in [5.41, 5.74) is 3.12. The maximum Gasteiger partial charge on any atom is -0.0579 e. The third-order valence-corrected chi connectivity index (χ3v) is 3.52. The van der Waals surface area contributed by atoms with Gasteiger partial charge in [-0.25, -0.2) is 0 Å². The Labute approximate surface area is 225 Å². The average Bonchev–Trinajstić information content (AvgIpc) is 3.14. The third kappa shape index (κ3) is 14.5. The molecule has 0 fully saturated rings. The molecule has 0 nitrogen and oxygen atoms in total. The van der Waals surface area contributed by atoms with Crippen LogP contribution in [-0.4, -0.2) is 10.9 Å². The molecule has 4 aromatic rings.